The number of aryl methyl sites for hydroxylation is 2. The van der Waals surface area contributed by atoms with Crippen LogP contribution in [0.2, 0.25) is 0 Å². The Balaban J connectivity index is 1.31. The second kappa shape index (κ2) is 10.9. The van der Waals surface area contributed by atoms with E-state index in [0.717, 1.165) is 59.0 Å². The summed E-state index contributed by atoms with van der Waals surface area (Å²) in [6.07, 6.45) is 2.36. The molecule has 6 heteroatoms. The SMILES string of the molecule is CCOc1ccccc1N1C[C@H](c2nc3ccccc3n2CCCCOc2ccccc2C)CC1=O. The van der Waals surface area contributed by atoms with Gasteiger partial charge in [0.15, 0.2) is 0 Å². The Morgan fingerprint density at radius 1 is 0.917 bits per heavy atom. The molecule has 1 amide bonds. The molecular formula is C30H33N3O3. The van der Waals surface area contributed by atoms with Gasteiger partial charge in [-0.25, -0.2) is 4.98 Å². The molecule has 1 aliphatic heterocycles. The Hall–Kier alpha value is -3.80. The normalized spacial score (nSPS) is 15.6. The number of carbonyl (C=O) groups excluding carboxylic acids is 1. The van der Waals surface area contributed by atoms with E-state index in [0.29, 0.717) is 26.2 Å². The van der Waals surface area contributed by atoms with Crippen molar-refractivity contribution in [1.29, 1.82) is 0 Å². The van der Waals surface area contributed by atoms with E-state index >= 15 is 0 Å². The number of para-hydroxylation sites is 5. The molecular weight excluding hydrogens is 450 g/mol. The fourth-order valence-corrected chi connectivity index (χ4v) is 4.98. The van der Waals surface area contributed by atoms with E-state index in [1.165, 1.54) is 0 Å². The van der Waals surface area contributed by atoms with Crippen LogP contribution in [0.5, 0.6) is 11.5 Å². The highest BCUT2D eigenvalue weighted by Crippen LogP contribution is 2.37. The van der Waals surface area contributed by atoms with Gasteiger partial charge in [0.05, 0.1) is 29.9 Å². The fourth-order valence-electron chi connectivity index (χ4n) is 4.98. The smallest absolute Gasteiger partial charge is 0.227 e. The largest absolute Gasteiger partial charge is 0.493 e. The third-order valence-electron chi connectivity index (χ3n) is 6.76. The molecule has 3 aromatic carbocycles. The van der Waals surface area contributed by atoms with Gasteiger partial charge in [-0.05, 0) is 62.6 Å². The lowest BCUT2D eigenvalue weighted by molar-refractivity contribution is -0.117. The van der Waals surface area contributed by atoms with Crippen molar-refractivity contribution in [2.24, 2.45) is 0 Å². The van der Waals surface area contributed by atoms with E-state index in [4.69, 9.17) is 14.5 Å². The van der Waals surface area contributed by atoms with Crippen molar-refractivity contribution >= 4 is 22.6 Å². The summed E-state index contributed by atoms with van der Waals surface area (Å²) in [7, 11) is 0. The topological polar surface area (TPSA) is 56.6 Å². The van der Waals surface area contributed by atoms with Gasteiger partial charge in [0.2, 0.25) is 5.91 Å². The van der Waals surface area contributed by atoms with Crippen LogP contribution in [-0.4, -0.2) is 35.2 Å². The van der Waals surface area contributed by atoms with Gasteiger partial charge < -0.3 is 18.9 Å². The molecule has 0 bridgehead atoms. The summed E-state index contributed by atoms with van der Waals surface area (Å²) in [4.78, 5) is 20.0. The third kappa shape index (κ3) is 4.94. The summed E-state index contributed by atoms with van der Waals surface area (Å²) in [5.74, 6) is 2.82. The number of nitrogens with zero attached hydrogens (tertiary/aromatic N) is 3. The first-order valence-corrected chi connectivity index (χ1v) is 12.8. The Morgan fingerprint density at radius 3 is 2.50 bits per heavy atom. The summed E-state index contributed by atoms with van der Waals surface area (Å²) in [6, 6.07) is 24.1. The minimum atomic E-state index is 0.0304. The average molecular weight is 484 g/mol. The van der Waals surface area contributed by atoms with Gasteiger partial charge in [0.1, 0.15) is 17.3 Å². The molecule has 0 aliphatic carbocycles. The lowest BCUT2D eigenvalue weighted by Crippen LogP contribution is -2.25. The van der Waals surface area contributed by atoms with Crippen LogP contribution >= 0.6 is 0 Å². The zero-order valence-corrected chi connectivity index (χ0v) is 21.0. The molecule has 36 heavy (non-hydrogen) atoms. The standard InChI is InChI=1S/C30H33N3O3/c1-3-35-28-17-9-7-15-26(28)33-21-23(20-29(33)34)30-31-24-13-5-6-14-25(24)32(30)18-10-11-19-36-27-16-8-4-12-22(27)2/h4-9,12-17,23H,3,10-11,18-21H2,1-2H3/t23-/m1/s1. The van der Waals surface area contributed by atoms with Crippen molar-refractivity contribution in [3.63, 3.8) is 0 Å². The minimum absolute atomic E-state index is 0.0304. The van der Waals surface area contributed by atoms with Crippen LogP contribution in [0.4, 0.5) is 5.69 Å². The summed E-state index contributed by atoms with van der Waals surface area (Å²) < 4.78 is 14.1. The van der Waals surface area contributed by atoms with Crippen molar-refractivity contribution in [3.05, 3.63) is 84.2 Å². The summed E-state index contributed by atoms with van der Waals surface area (Å²) in [6.45, 7) is 6.70. The number of unbranched alkanes of at least 4 members (excludes halogenated alkanes) is 1. The predicted molar refractivity (Wildman–Crippen MR) is 143 cm³/mol. The first-order valence-electron chi connectivity index (χ1n) is 12.8. The van der Waals surface area contributed by atoms with E-state index in [1.54, 1.807) is 0 Å². The number of anilines is 1. The van der Waals surface area contributed by atoms with E-state index in [2.05, 4.69) is 35.8 Å². The van der Waals surface area contributed by atoms with Crippen molar-refractivity contribution in [1.82, 2.24) is 9.55 Å². The first kappa shape index (κ1) is 23.9. The monoisotopic (exact) mass is 483 g/mol. The molecule has 0 N–H and O–H groups in total. The number of fused-ring (bicyclic) bond motifs is 1. The zero-order valence-electron chi connectivity index (χ0n) is 21.0. The van der Waals surface area contributed by atoms with Crippen molar-refractivity contribution < 1.29 is 14.3 Å². The Kier molecular flexibility index (Phi) is 7.21. The van der Waals surface area contributed by atoms with E-state index in [9.17, 15) is 4.79 Å². The van der Waals surface area contributed by atoms with Gasteiger partial charge in [-0.3, -0.25) is 4.79 Å². The highest BCUT2D eigenvalue weighted by atomic mass is 16.5. The number of benzene rings is 3. The Labute approximate surface area is 212 Å². The highest BCUT2D eigenvalue weighted by Gasteiger charge is 2.35. The van der Waals surface area contributed by atoms with Crippen molar-refractivity contribution in [2.75, 3.05) is 24.7 Å². The van der Waals surface area contributed by atoms with Crippen LogP contribution in [-0.2, 0) is 11.3 Å². The van der Waals surface area contributed by atoms with Gasteiger partial charge in [-0.2, -0.15) is 0 Å². The number of carbonyl (C=O) groups is 1. The molecule has 5 rings (SSSR count). The predicted octanol–water partition coefficient (Wildman–Crippen LogP) is 6.12. The third-order valence-corrected chi connectivity index (χ3v) is 6.76. The number of hydrogen-bond donors (Lipinski definition) is 0. The molecule has 2 heterocycles. The highest BCUT2D eigenvalue weighted by molar-refractivity contribution is 5.97. The molecule has 1 saturated heterocycles. The quantitative estimate of drug-likeness (QED) is 0.255. The van der Waals surface area contributed by atoms with Gasteiger partial charge in [0.25, 0.3) is 0 Å². The summed E-state index contributed by atoms with van der Waals surface area (Å²) >= 11 is 0. The fraction of sp³-hybridized carbons (Fsp3) is 0.333. The molecule has 1 aromatic heterocycles. The first-order chi connectivity index (χ1) is 17.7. The molecule has 6 nitrogen and oxygen atoms in total. The molecule has 0 unspecified atom stereocenters. The van der Waals surface area contributed by atoms with Crippen LogP contribution in [0, 0.1) is 6.92 Å². The van der Waals surface area contributed by atoms with E-state index in [-0.39, 0.29) is 11.8 Å². The van der Waals surface area contributed by atoms with Crippen LogP contribution in [0.1, 0.15) is 43.5 Å². The second-order valence-electron chi connectivity index (χ2n) is 9.24. The lowest BCUT2D eigenvalue weighted by Gasteiger charge is -2.20. The lowest BCUT2D eigenvalue weighted by atomic mass is 10.1. The maximum Gasteiger partial charge on any atom is 0.227 e. The molecule has 0 saturated carbocycles. The van der Waals surface area contributed by atoms with E-state index in [1.807, 2.05) is 60.4 Å². The summed E-state index contributed by atoms with van der Waals surface area (Å²) in [5, 5.41) is 0. The van der Waals surface area contributed by atoms with Crippen LogP contribution in [0.3, 0.4) is 0 Å². The summed E-state index contributed by atoms with van der Waals surface area (Å²) in [5.41, 5.74) is 4.09. The number of rotatable bonds is 10. The number of amides is 1. The van der Waals surface area contributed by atoms with Crippen molar-refractivity contribution in [3.8, 4) is 11.5 Å². The van der Waals surface area contributed by atoms with Crippen LogP contribution < -0.4 is 14.4 Å². The number of ether oxygens (including phenoxy) is 2. The Bertz CT molecular complexity index is 1350. The van der Waals surface area contributed by atoms with Crippen LogP contribution in [0.15, 0.2) is 72.8 Å². The molecule has 4 aromatic rings. The maximum absolute atomic E-state index is 13.1. The maximum atomic E-state index is 13.1. The number of aromatic nitrogens is 2. The molecule has 186 valence electrons. The van der Waals surface area contributed by atoms with Gasteiger partial charge in [-0.15, -0.1) is 0 Å². The molecule has 1 fully saturated rings. The minimum Gasteiger partial charge on any atom is -0.493 e. The average Bonchev–Trinajstić information content (AvgIpc) is 3.46. The zero-order chi connectivity index (χ0) is 24.9. The Morgan fingerprint density at radius 2 is 1.67 bits per heavy atom. The number of imidazole rings is 1. The second-order valence-corrected chi connectivity index (χ2v) is 9.24. The molecule has 1 aliphatic rings. The van der Waals surface area contributed by atoms with Gasteiger partial charge >= 0.3 is 0 Å². The van der Waals surface area contributed by atoms with Crippen LogP contribution in [0.25, 0.3) is 11.0 Å². The molecule has 1 atom stereocenters. The van der Waals surface area contributed by atoms with E-state index < -0.39 is 0 Å². The number of hydrogen-bond acceptors (Lipinski definition) is 4. The van der Waals surface area contributed by atoms with Gasteiger partial charge in [0, 0.05) is 25.4 Å². The molecule has 0 spiro atoms. The molecule has 0 radical (unpaired) electrons. The van der Waals surface area contributed by atoms with Crippen molar-refractivity contribution in [2.45, 2.75) is 45.6 Å². The van der Waals surface area contributed by atoms with Gasteiger partial charge in [-0.1, -0.05) is 42.5 Å².